The van der Waals surface area contributed by atoms with Crippen LogP contribution in [0.15, 0.2) is 42.5 Å². The fourth-order valence-electron chi connectivity index (χ4n) is 4.25. The summed E-state index contributed by atoms with van der Waals surface area (Å²) in [5, 5.41) is 9.09. The van der Waals surface area contributed by atoms with Crippen molar-refractivity contribution in [2.24, 2.45) is 5.92 Å². The van der Waals surface area contributed by atoms with E-state index < -0.39 is 6.04 Å². The summed E-state index contributed by atoms with van der Waals surface area (Å²) in [5.74, 6) is 0.233. The van der Waals surface area contributed by atoms with Gasteiger partial charge in [0.1, 0.15) is 6.04 Å². The Bertz CT molecular complexity index is 1110. The molecule has 36 heavy (non-hydrogen) atoms. The van der Waals surface area contributed by atoms with Crippen LogP contribution in [0, 0.1) is 5.92 Å². The molecule has 0 saturated carbocycles. The number of amides is 4. The van der Waals surface area contributed by atoms with E-state index in [2.05, 4.69) is 16.0 Å². The van der Waals surface area contributed by atoms with E-state index in [1.165, 1.54) is 0 Å². The first-order valence-corrected chi connectivity index (χ1v) is 12.1. The number of carbonyl (C=O) groups excluding carboxylic acids is 3. The molecule has 4 rings (SSSR count). The molecule has 192 valence electrons. The van der Waals surface area contributed by atoms with Crippen LogP contribution in [-0.4, -0.2) is 68.9 Å². The Morgan fingerprint density at radius 3 is 2.64 bits per heavy atom. The van der Waals surface area contributed by atoms with E-state index in [1.54, 1.807) is 54.5 Å². The minimum Gasteiger partial charge on any atom is -0.454 e. The van der Waals surface area contributed by atoms with Gasteiger partial charge in [-0.05, 0) is 55.2 Å². The second kappa shape index (κ2) is 12.0. The molecule has 1 saturated heterocycles. The van der Waals surface area contributed by atoms with Crippen LogP contribution in [0.25, 0.3) is 0 Å². The first kappa shape index (κ1) is 25.6. The van der Waals surface area contributed by atoms with Gasteiger partial charge < -0.3 is 35.1 Å². The van der Waals surface area contributed by atoms with Crippen LogP contribution in [0.1, 0.15) is 23.2 Å². The lowest BCUT2D eigenvalue weighted by atomic mass is 9.88. The quantitative estimate of drug-likeness (QED) is 0.464. The number of benzene rings is 2. The van der Waals surface area contributed by atoms with Gasteiger partial charge in [0.05, 0.1) is 6.61 Å². The molecule has 1 fully saturated rings. The zero-order valence-corrected chi connectivity index (χ0v) is 20.7. The van der Waals surface area contributed by atoms with Gasteiger partial charge in [0, 0.05) is 43.0 Å². The molecule has 2 aliphatic heterocycles. The summed E-state index contributed by atoms with van der Waals surface area (Å²) in [6, 6.07) is 10.8. The number of urea groups is 1. The number of anilines is 1. The van der Waals surface area contributed by atoms with Crippen LogP contribution < -0.4 is 25.4 Å². The maximum absolute atomic E-state index is 13.0. The van der Waals surface area contributed by atoms with E-state index in [4.69, 9.17) is 25.8 Å². The normalized spacial score (nSPS) is 15.8. The number of nitrogens with one attached hydrogen (secondary N) is 3. The van der Waals surface area contributed by atoms with Gasteiger partial charge in [0.15, 0.2) is 11.5 Å². The van der Waals surface area contributed by atoms with Crippen LogP contribution >= 0.6 is 11.6 Å². The van der Waals surface area contributed by atoms with Crippen molar-refractivity contribution in [1.82, 2.24) is 15.5 Å². The SMILES string of the molecule is COCCNC(=O)[C@@H](NC(=O)c1ccc2c(c1)OCO2)C1CCN(C(=O)Nc2cccc(Cl)c2)CC1. The summed E-state index contributed by atoms with van der Waals surface area (Å²) >= 11 is 6.00. The molecule has 0 aromatic heterocycles. The predicted molar refractivity (Wildman–Crippen MR) is 133 cm³/mol. The molecule has 0 radical (unpaired) electrons. The van der Waals surface area contributed by atoms with E-state index in [1.807, 2.05) is 0 Å². The minimum absolute atomic E-state index is 0.106. The lowest BCUT2D eigenvalue weighted by Crippen LogP contribution is -2.54. The second-order valence-electron chi connectivity index (χ2n) is 8.57. The van der Waals surface area contributed by atoms with Gasteiger partial charge in [0.25, 0.3) is 5.91 Å². The standard InChI is InChI=1S/C25H29ClN4O6/c1-34-12-9-27-24(32)22(29-23(31)17-5-6-20-21(13-17)36-15-35-20)16-7-10-30(11-8-16)25(33)28-19-4-2-3-18(26)14-19/h2-6,13-14,16,22H,7-12,15H2,1H3,(H,27,32)(H,28,33)(H,29,31)/t22-/m0/s1. The first-order chi connectivity index (χ1) is 17.4. The highest BCUT2D eigenvalue weighted by Crippen LogP contribution is 2.32. The number of carbonyl (C=O) groups is 3. The zero-order valence-electron chi connectivity index (χ0n) is 19.9. The molecule has 2 aromatic carbocycles. The van der Waals surface area contributed by atoms with Crippen molar-refractivity contribution in [2.75, 3.05) is 45.5 Å². The molecule has 0 aliphatic carbocycles. The minimum atomic E-state index is -0.766. The van der Waals surface area contributed by atoms with Gasteiger partial charge in [-0.3, -0.25) is 9.59 Å². The van der Waals surface area contributed by atoms with Crippen LogP contribution in [0.5, 0.6) is 11.5 Å². The molecule has 0 bridgehead atoms. The third kappa shape index (κ3) is 6.38. The Labute approximate surface area is 214 Å². The highest BCUT2D eigenvalue weighted by atomic mass is 35.5. The van der Waals surface area contributed by atoms with Crippen molar-refractivity contribution in [1.29, 1.82) is 0 Å². The number of hydrogen-bond donors (Lipinski definition) is 3. The summed E-state index contributed by atoms with van der Waals surface area (Å²) in [6.45, 7) is 1.68. The average molecular weight is 517 g/mol. The Hall–Kier alpha value is -3.50. The molecule has 11 heteroatoms. The third-order valence-corrected chi connectivity index (χ3v) is 6.42. The smallest absolute Gasteiger partial charge is 0.321 e. The molecule has 0 spiro atoms. The maximum Gasteiger partial charge on any atom is 0.321 e. The summed E-state index contributed by atoms with van der Waals surface area (Å²) < 4.78 is 15.7. The maximum atomic E-state index is 13.0. The molecule has 4 amide bonds. The topological polar surface area (TPSA) is 118 Å². The van der Waals surface area contributed by atoms with Gasteiger partial charge in [0.2, 0.25) is 12.7 Å². The summed E-state index contributed by atoms with van der Waals surface area (Å²) in [4.78, 5) is 40.5. The number of methoxy groups -OCH3 is 1. The second-order valence-corrected chi connectivity index (χ2v) is 9.00. The van der Waals surface area contributed by atoms with Crippen molar-refractivity contribution in [3.05, 3.63) is 53.1 Å². The Kier molecular flexibility index (Phi) is 8.50. The number of ether oxygens (including phenoxy) is 3. The predicted octanol–water partition coefficient (Wildman–Crippen LogP) is 2.87. The van der Waals surface area contributed by atoms with Crippen molar-refractivity contribution in [2.45, 2.75) is 18.9 Å². The lowest BCUT2D eigenvalue weighted by Gasteiger charge is -2.35. The number of nitrogens with zero attached hydrogens (tertiary/aromatic N) is 1. The summed E-state index contributed by atoms with van der Waals surface area (Å²) in [5.41, 5.74) is 0.980. The van der Waals surface area contributed by atoms with Crippen LogP contribution in [-0.2, 0) is 9.53 Å². The van der Waals surface area contributed by atoms with Gasteiger partial charge in [-0.15, -0.1) is 0 Å². The fraction of sp³-hybridized carbons (Fsp3) is 0.400. The zero-order chi connectivity index (χ0) is 25.5. The molecule has 1 atom stereocenters. The number of rotatable bonds is 8. The first-order valence-electron chi connectivity index (χ1n) is 11.7. The Balaban J connectivity index is 1.39. The molecule has 2 aromatic rings. The highest BCUT2D eigenvalue weighted by Gasteiger charge is 2.34. The van der Waals surface area contributed by atoms with Gasteiger partial charge >= 0.3 is 6.03 Å². The van der Waals surface area contributed by atoms with Crippen LogP contribution in [0.3, 0.4) is 0 Å². The van der Waals surface area contributed by atoms with Gasteiger partial charge in [-0.1, -0.05) is 17.7 Å². The summed E-state index contributed by atoms with van der Waals surface area (Å²) in [7, 11) is 1.55. The fourth-order valence-corrected chi connectivity index (χ4v) is 4.44. The monoisotopic (exact) mass is 516 g/mol. The average Bonchev–Trinajstić information content (AvgIpc) is 3.35. The van der Waals surface area contributed by atoms with E-state index in [9.17, 15) is 14.4 Å². The van der Waals surface area contributed by atoms with Crippen molar-refractivity contribution in [3.8, 4) is 11.5 Å². The van der Waals surface area contributed by atoms with Gasteiger partial charge in [-0.2, -0.15) is 0 Å². The lowest BCUT2D eigenvalue weighted by molar-refractivity contribution is -0.124. The number of fused-ring (bicyclic) bond motifs is 1. The van der Waals surface area contributed by atoms with Gasteiger partial charge in [-0.25, -0.2) is 4.79 Å². The molecule has 2 heterocycles. The summed E-state index contributed by atoms with van der Waals surface area (Å²) in [6.07, 6.45) is 1.10. The van der Waals surface area contributed by atoms with E-state index >= 15 is 0 Å². The van der Waals surface area contributed by atoms with Crippen molar-refractivity contribution in [3.63, 3.8) is 0 Å². The number of likely N-dealkylation sites (tertiary alicyclic amines) is 1. The molecular weight excluding hydrogens is 488 g/mol. The molecular formula is C25H29ClN4O6. The largest absolute Gasteiger partial charge is 0.454 e. The Morgan fingerprint density at radius 2 is 1.89 bits per heavy atom. The van der Waals surface area contributed by atoms with E-state index in [-0.39, 0.29) is 30.6 Å². The molecule has 3 N–H and O–H groups in total. The van der Waals surface area contributed by atoms with E-state index in [0.717, 1.165) is 0 Å². The highest BCUT2D eigenvalue weighted by molar-refractivity contribution is 6.30. The van der Waals surface area contributed by atoms with E-state index in [0.29, 0.717) is 66.9 Å². The van der Waals surface area contributed by atoms with Crippen molar-refractivity contribution >= 4 is 35.1 Å². The third-order valence-electron chi connectivity index (χ3n) is 6.18. The van der Waals surface area contributed by atoms with Crippen LogP contribution in [0.2, 0.25) is 5.02 Å². The molecule has 10 nitrogen and oxygen atoms in total. The molecule has 0 unspecified atom stereocenters. The number of piperidine rings is 1. The number of hydrogen-bond acceptors (Lipinski definition) is 6. The molecule has 2 aliphatic rings. The number of halogens is 1. The van der Waals surface area contributed by atoms with Crippen molar-refractivity contribution < 1.29 is 28.6 Å². The van der Waals surface area contributed by atoms with Crippen LogP contribution in [0.4, 0.5) is 10.5 Å². The Morgan fingerprint density at radius 1 is 1.11 bits per heavy atom.